The summed E-state index contributed by atoms with van der Waals surface area (Å²) in [5.41, 5.74) is 2.05. The lowest BCUT2D eigenvalue weighted by Gasteiger charge is -2.04. The molecule has 0 aliphatic rings. The smallest absolute Gasteiger partial charge is 0.214 e. The van der Waals surface area contributed by atoms with Crippen LogP contribution in [0, 0.1) is 17.5 Å². The van der Waals surface area contributed by atoms with Gasteiger partial charge in [0.1, 0.15) is 0 Å². The molecular formula is C17H12F3N5S. The Morgan fingerprint density at radius 2 is 1.96 bits per heavy atom. The first-order valence-electron chi connectivity index (χ1n) is 7.74. The minimum atomic E-state index is -1.45. The average Bonchev–Trinajstić information content (AvgIpc) is 3.19. The standard InChI is InChI=1S/C17H12F3N5S/c18-12-6-10(7-13(19)15(12)20)3-5-22-16-24-25-9-14(23-17(25)26-16)11-2-1-4-21-8-11/h1-2,4,6-9H,3,5H2,(H,22,24). The van der Waals surface area contributed by atoms with Crippen molar-refractivity contribution >= 4 is 21.4 Å². The molecule has 5 nitrogen and oxygen atoms in total. The summed E-state index contributed by atoms with van der Waals surface area (Å²) >= 11 is 1.36. The summed E-state index contributed by atoms with van der Waals surface area (Å²) < 4.78 is 41.0. The Hall–Kier alpha value is -2.94. The van der Waals surface area contributed by atoms with Crippen molar-refractivity contribution in [3.63, 3.8) is 0 Å². The topological polar surface area (TPSA) is 55.1 Å². The van der Waals surface area contributed by atoms with E-state index >= 15 is 0 Å². The SMILES string of the molecule is Fc1cc(CCNc2nn3cc(-c4cccnc4)nc3s2)cc(F)c1F. The highest BCUT2D eigenvalue weighted by atomic mass is 32.1. The predicted molar refractivity (Wildman–Crippen MR) is 92.6 cm³/mol. The van der Waals surface area contributed by atoms with E-state index in [4.69, 9.17) is 0 Å². The van der Waals surface area contributed by atoms with Gasteiger partial charge < -0.3 is 5.32 Å². The zero-order valence-electron chi connectivity index (χ0n) is 13.3. The second-order valence-electron chi connectivity index (χ2n) is 5.55. The van der Waals surface area contributed by atoms with E-state index in [1.165, 1.54) is 11.3 Å². The van der Waals surface area contributed by atoms with E-state index < -0.39 is 17.5 Å². The molecule has 0 fully saturated rings. The molecule has 132 valence electrons. The van der Waals surface area contributed by atoms with E-state index in [0.29, 0.717) is 28.6 Å². The quantitative estimate of drug-likeness (QED) is 0.537. The first kappa shape index (κ1) is 16.5. The van der Waals surface area contributed by atoms with Crippen LogP contribution < -0.4 is 5.32 Å². The van der Waals surface area contributed by atoms with Crippen LogP contribution in [0.1, 0.15) is 5.56 Å². The molecule has 4 aromatic rings. The fourth-order valence-corrected chi connectivity index (χ4v) is 3.30. The van der Waals surface area contributed by atoms with E-state index in [0.717, 1.165) is 23.4 Å². The van der Waals surface area contributed by atoms with Gasteiger partial charge in [-0.3, -0.25) is 4.98 Å². The van der Waals surface area contributed by atoms with Gasteiger partial charge in [-0.15, -0.1) is 5.10 Å². The molecule has 0 saturated heterocycles. The minimum absolute atomic E-state index is 0.330. The molecule has 0 aliphatic heterocycles. The van der Waals surface area contributed by atoms with Gasteiger partial charge in [-0.1, -0.05) is 11.3 Å². The first-order chi connectivity index (χ1) is 12.6. The van der Waals surface area contributed by atoms with Gasteiger partial charge in [-0.25, -0.2) is 22.7 Å². The van der Waals surface area contributed by atoms with Crippen LogP contribution in [0.25, 0.3) is 16.2 Å². The molecule has 0 saturated carbocycles. The third-order valence-corrected chi connectivity index (χ3v) is 4.61. The monoisotopic (exact) mass is 375 g/mol. The van der Waals surface area contributed by atoms with Crippen LogP contribution >= 0.6 is 11.3 Å². The number of anilines is 1. The summed E-state index contributed by atoms with van der Waals surface area (Å²) in [6.07, 6.45) is 5.56. The van der Waals surface area contributed by atoms with E-state index in [1.807, 2.05) is 12.1 Å². The number of nitrogens with zero attached hydrogens (tertiary/aromatic N) is 4. The fourth-order valence-electron chi connectivity index (χ4n) is 2.49. The number of pyridine rings is 1. The first-order valence-corrected chi connectivity index (χ1v) is 8.56. The molecule has 1 aromatic carbocycles. The molecule has 4 rings (SSSR count). The molecule has 0 radical (unpaired) electrons. The van der Waals surface area contributed by atoms with Crippen LogP contribution in [0.4, 0.5) is 18.3 Å². The highest BCUT2D eigenvalue weighted by Crippen LogP contribution is 2.24. The van der Waals surface area contributed by atoms with Gasteiger partial charge in [0.05, 0.1) is 11.9 Å². The molecule has 3 aromatic heterocycles. The van der Waals surface area contributed by atoms with Crippen LogP contribution in [0.3, 0.4) is 0 Å². The average molecular weight is 375 g/mol. The Morgan fingerprint density at radius 1 is 1.15 bits per heavy atom. The lowest BCUT2D eigenvalue weighted by atomic mass is 10.1. The molecule has 0 amide bonds. The minimum Gasteiger partial charge on any atom is -0.360 e. The molecule has 9 heteroatoms. The van der Waals surface area contributed by atoms with Crippen LogP contribution in [0.15, 0.2) is 42.9 Å². The molecular weight excluding hydrogens is 363 g/mol. The highest BCUT2D eigenvalue weighted by Gasteiger charge is 2.12. The number of imidazole rings is 1. The molecule has 0 atom stereocenters. The summed E-state index contributed by atoms with van der Waals surface area (Å²) in [5.74, 6) is -3.82. The van der Waals surface area contributed by atoms with Crippen LogP contribution in [0.5, 0.6) is 0 Å². The Morgan fingerprint density at radius 3 is 2.65 bits per heavy atom. The van der Waals surface area contributed by atoms with E-state index in [2.05, 4.69) is 20.4 Å². The van der Waals surface area contributed by atoms with Gasteiger partial charge in [-0.2, -0.15) is 0 Å². The molecule has 1 N–H and O–H groups in total. The Kier molecular flexibility index (Phi) is 4.29. The van der Waals surface area contributed by atoms with Gasteiger partial charge in [0.15, 0.2) is 17.5 Å². The van der Waals surface area contributed by atoms with Crippen molar-refractivity contribution in [2.75, 3.05) is 11.9 Å². The number of rotatable bonds is 5. The van der Waals surface area contributed by atoms with Gasteiger partial charge in [0.25, 0.3) is 0 Å². The van der Waals surface area contributed by atoms with Crippen LogP contribution in [-0.4, -0.2) is 26.1 Å². The zero-order valence-corrected chi connectivity index (χ0v) is 14.1. The normalized spacial score (nSPS) is 11.2. The number of benzene rings is 1. The van der Waals surface area contributed by atoms with Crippen molar-refractivity contribution in [1.82, 2.24) is 19.6 Å². The summed E-state index contributed by atoms with van der Waals surface area (Å²) in [5, 5.41) is 8.08. The number of nitrogens with one attached hydrogen (secondary N) is 1. The van der Waals surface area contributed by atoms with E-state index in [1.54, 1.807) is 23.1 Å². The Labute approximate surface area is 150 Å². The summed E-state index contributed by atoms with van der Waals surface area (Å²) in [7, 11) is 0. The van der Waals surface area contributed by atoms with Crippen molar-refractivity contribution in [3.8, 4) is 11.3 Å². The van der Waals surface area contributed by atoms with E-state index in [9.17, 15) is 13.2 Å². The zero-order chi connectivity index (χ0) is 18.1. The molecule has 0 aliphatic carbocycles. The van der Waals surface area contributed by atoms with Crippen LogP contribution in [-0.2, 0) is 6.42 Å². The predicted octanol–water partition coefficient (Wildman–Crippen LogP) is 3.92. The highest BCUT2D eigenvalue weighted by molar-refractivity contribution is 7.20. The lowest BCUT2D eigenvalue weighted by molar-refractivity contribution is 0.445. The van der Waals surface area contributed by atoms with Gasteiger partial charge in [0, 0.05) is 24.5 Å². The van der Waals surface area contributed by atoms with Gasteiger partial charge in [0.2, 0.25) is 10.1 Å². The number of fused-ring (bicyclic) bond motifs is 1. The second-order valence-corrected chi connectivity index (χ2v) is 6.51. The largest absolute Gasteiger partial charge is 0.360 e. The maximum atomic E-state index is 13.2. The summed E-state index contributed by atoms with van der Waals surface area (Å²) in [4.78, 5) is 9.28. The number of hydrogen-bond acceptors (Lipinski definition) is 5. The van der Waals surface area contributed by atoms with Crippen molar-refractivity contribution in [1.29, 1.82) is 0 Å². The maximum Gasteiger partial charge on any atom is 0.214 e. The van der Waals surface area contributed by atoms with Crippen molar-refractivity contribution < 1.29 is 13.2 Å². The number of aromatic nitrogens is 4. The molecule has 0 bridgehead atoms. The number of halogens is 3. The third-order valence-electron chi connectivity index (χ3n) is 3.73. The Bertz CT molecular complexity index is 1010. The molecule has 0 unspecified atom stereocenters. The second kappa shape index (κ2) is 6.75. The van der Waals surface area contributed by atoms with Gasteiger partial charge in [-0.05, 0) is 36.2 Å². The van der Waals surface area contributed by atoms with Crippen LogP contribution in [0.2, 0.25) is 0 Å². The summed E-state index contributed by atoms with van der Waals surface area (Å²) in [6.45, 7) is 0.399. The maximum absolute atomic E-state index is 13.2. The third kappa shape index (κ3) is 3.25. The Balaban J connectivity index is 1.43. The van der Waals surface area contributed by atoms with E-state index in [-0.39, 0.29) is 0 Å². The lowest BCUT2D eigenvalue weighted by Crippen LogP contribution is -2.06. The molecule has 3 heterocycles. The van der Waals surface area contributed by atoms with Crippen molar-refractivity contribution in [2.45, 2.75) is 6.42 Å². The molecule has 0 spiro atoms. The fraction of sp³-hybridized carbons (Fsp3) is 0.118. The van der Waals surface area contributed by atoms with Crippen molar-refractivity contribution in [2.24, 2.45) is 0 Å². The molecule has 26 heavy (non-hydrogen) atoms. The van der Waals surface area contributed by atoms with Gasteiger partial charge >= 0.3 is 0 Å². The number of hydrogen-bond donors (Lipinski definition) is 1. The summed E-state index contributed by atoms with van der Waals surface area (Å²) in [6, 6.07) is 5.74. The van der Waals surface area contributed by atoms with Crippen molar-refractivity contribution in [3.05, 3.63) is 65.9 Å².